The summed E-state index contributed by atoms with van der Waals surface area (Å²) >= 11 is 0. The second-order valence-electron chi connectivity index (χ2n) is 8.12. The van der Waals surface area contributed by atoms with Crippen molar-refractivity contribution in [3.8, 4) is 0 Å². The van der Waals surface area contributed by atoms with Crippen molar-refractivity contribution < 1.29 is 28.8 Å². The fraction of sp³-hybridized carbons (Fsp3) is 0.885. The third-order valence-corrected chi connectivity index (χ3v) is 5.09. The van der Waals surface area contributed by atoms with Crippen LogP contribution in [-0.4, -0.2) is 63.9 Å². The summed E-state index contributed by atoms with van der Waals surface area (Å²) in [6.07, 6.45) is 20.6. The first kappa shape index (κ1) is 31.0. The minimum absolute atomic E-state index is 0.0170. The molecule has 190 valence electrons. The maximum atomic E-state index is 11.6. The number of esters is 1. The van der Waals surface area contributed by atoms with Crippen LogP contribution < -0.4 is 0 Å². The highest BCUT2D eigenvalue weighted by molar-refractivity contribution is 5.69. The van der Waals surface area contributed by atoms with Gasteiger partial charge in [-0.3, -0.25) is 4.79 Å². The molecule has 1 N–H and O–H groups in total. The van der Waals surface area contributed by atoms with Crippen LogP contribution in [0.4, 0.5) is 0 Å². The zero-order valence-electron chi connectivity index (χ0n) is 20.7. The van der Waals surface area contributed by atoms with Crippen LogP contribution in [-0.2, 0) is 23.7 Å². The molecule has 0 aromatic heterocycles. The number of rotatable bonds is 26. The fourth-order valence-electron chi connectivity index (χ4n) is 3.21. The highest BCUT2D eigenvalue weighted by Gasteiger charge is 2.02. The number of unbranched alkanes of at least 4 members (excludes halogenated alkanes) is 10. The normalized spacial score (nSPS) is 11.4. The second-order valence-corrected chi connectivity index (χ2v) is 8.12. The van der Waals surface area contributed by atoms with Crippen molar-refractivity contribution in [1.29, 1.82) is 0 Å². The molecule has 0 atom stereocenters. The van der Waals surface area contributed by atoms with E-state index in [-0.39, 0.29) is 19.2 Å². The molecule has 0 aliphatic heterocycles. The molecular weight excluding hydrogens is 408 g/mol. The zero-order chi connectivity index (χ0) is 23.4. The van der Waals surface area contributed by atoms with E-state index in [1.54, 1.807) is 0 Å². The van der Waals surface area contributed by atoms with E-state index in [1.807, 2.05) is 0 Å². The molecule has 0 unspecified atom stereocenters. The van der Waals surface area contributed by atoms with Gasteiger partial charge in [0.25, 0.3) is 0 Å². The van der Waals surface area contributed by atoms with E-state index in [0.717, 1.165) is 51.7 Å². The lowest BCUT2D eigenvalue weighted by molar-refractivity contribution is -0.145. The Morgan fingerprint density at radius 1 is 0.625 bits per heavy atom. The highest BCUT2D eigenvalue weighted by Crippen LogP contribution is 2.08. The average molecular weight is 459 g/mol. The molecule has 0 aliphatic carbocycles. The van der Waals surface area contributed by atoms with Gasteiger partial charge in [0.2, 0.25) is 0 Å². The maximum absolute atomic E-state index is 11.6. The maximum Gasteiger partial charge on any atom is 0.305 e. The summed E-state index contributed by atoms with van der Waals surface area (Å²) in [7, 11) is 0. The summed E-state index contributed by atoms with van der Waals surface area (Å²) < 4.78 is 21.2. The Bertz CT molecular complexity index is 400. The van der Waals surface area contributed by atoms with Crippen molar-refractivity contribution in [3.63, 3.8) is 0 Å². The smallest absolute Gasteiger partial charge is 0.305 e. The van der Waals surface area contributed by atoms with Crippen LogP contribution in [0.15, 0.2) is 12.2 Å². The lowest BCUT2D eigenvalue weighted by Gasteiger charge is -2.06. The van der Waals surface area contributed by atoms with E-state index >= 15 is 0 Å². The van der Waals surface area contributed by atoms with Crippen molar-refractivity contribution in [1.82, 2.24) is 0 Å². The zero-order valence-corrected chi connectivity index (χ0v) is 20.7. The minimum atomic E-state index is -0.151. The lowest BCUT2D eigenvalue weighted by Crippen LogP contribution is -2.13. The number of carbonyl (C=O) groups excluding carboxylic acids is 1. The topological polar surface area (TPSA) is 74.2 Å². The van der Waals surface area contributed by atoms with Crippen molar-refractivity contribution in [2.75, 3.05) is 52.9 Å². The molecule has 0 radical (unpaired) electrons. The Morgan fingerprint density at radius 2 is 1.22 bits per heavy atom. The molecule has 0 heterocycles. The van der Waals surface area contributed by atoms with Gasteiger partial charge < -0.3 is 24.1 Å². The Labute approximate surface area is 197 Å². The Balaban J connectivity index is 3.19. The van der Waals surface area contributed by atoms with Crippen molar-refractivity contribution in [2.24, 2.45) is 0 Å². The van der Waals surface area contributed by atoms with Gasteiger partial charge in [-0.2, -0.15) is 0 Å². The van der Waals surface area contributed by atoms with Crippen molar-refractivity contribution >= 4 is 5.97 Å². The molecule has 0 aromatic carbocycles. The van der Waals surface area contributed by atoms with E-state index in [4.69, 9.17) is 24.1 Å². The summed E-state index contributed by atoms with van der Waals surface area (Å²) in [5, 5.41) is 8.56. The molecule has 0 saturated heterocycles. The van der Waals surface area contributed by atoms with E-state index < -0.39 is 0 Å². The monoisotopic (exact) mass is 458 g/mol. The molecule has 0 amide bonds. The number of hydrogen-bond donors (Lipinski definition) is 1. The second kappa shape index (κ2) is 28.1. The molecule has 6 nitrogen and oxygen atoms in total. The number of allylic oxidation sites excluding steroid dienone is 1. The number of carbonyl (C=O) groups is 1. The van der Waals surface area contributed by atoms with Crippen LogP contribution in [0, 0.1) is 0 Å². The average Bonchev–Trinajstić information content (AvgIpc) is 2.80. The van der Waals surface area contributed by atoms with Gasteiger partial charge in [-0.25, -0.2) is 0 Å². The van der Waals surface area contributed by atoms with Gasteiger partial charge in [0.1, 0.15) is 6.61 Å². The van der Waals surface area contributed by atoms with Crippen LogP contribution >= 0.6 is 0 Å². The quantitative estimate of drug-likeness (QED) is 0.103. The lowest BCUT2D eigenvalue weighted by atomic mass is 10.1. The first-order valence-corrected chi connectivity index (χ1v) is 13.0. The van der Waals surface area contributed by atoms with E-state index in [9.17, 15) is 4.79 Å². The number of aliphatic hydroxyl groups excluding tert-OH is 1. The minimum Gasteiger partial charge on any atom is -0.463 e. The molecule has 0 fully saturated rings. The molecule has 0 aliphatic rings. The van der Waals surface area contributed by atoms with Gasteiger partial charge in [0.05, 0.1) is 39.6 Å². The summed E-state index contributed by atoms with van der Waals surface area (Å²) in [6.45, 7) is 5.87. The Morgan fingerprint density at radius 3 is 2.00 bits per heavy atom. The number of hydrogen-bond acceptors (Lipinski definition) is 6. The standard InChI is InChI=1S/C26H50O6/c1-2-3-4-5-9-12-15-19-29-20-16-13-10-7-6-8-11-14-17-26(28)32-25-24-31-23-22-30-21-18-27/h10,13,27H,2-9,11-12,14-25H2,1H3/b13-10-. The summed E-state index contributed by atoms with van der Waals surface area (Å²) in [5.41, 5.74) is 0. The van der Waals surface area contributed by atoms with Gasteiger partial charge in [0, 0.05) is 13.0 Å². The first-order valence-electron chi connectivity index (χ1n) is 13.0. The van der Waals surface area contributed by atoms with Gasteiger partial charge in [0.15, 0.2) is 0 Å². The molecule has 0 aromatic rings. The molecule has 0 rings (SSSR count). The first-order chi connectivity index (χ1) is 15.8. The summed E-state index contributed by atoms with van der Waals surface area (Å²) in [5.74, 6) is -0.151. The fourth-order valence-corrected chi connectivity index (χ4v) is 3.21. The SMILES string of the molecule is CCCCCCCCCOCC/C=C\CCCCCCC(=O)OCCOCCOCCO. The number of ether oxygens (including phenoxy) is 4. The van der Waals surface area contributed by atoms with Crippen LogP contribution in [0.2, 0.25) is 0 Å². The third-order valence-electron chi connectivity index (χ3n) is 5.09. The third kappa shape index (κ3) is 27.1. The largest absolute Gasteiger partial charge is 0.463 e. The van der Waals surface area contributed by atoms with E-state index in [0.29, 0.717) is 32.8 Å². The van der Waals surface area contributed by atoms with Gasteiger partial charge in [-0.05, 0) is 32.1 Å². The molecule has 6 heteroatoms. The van der Waals surface area contributed by atoms with E-state index in [2.05, 4.69) is 19.1 Å². The van der Waals surface area contributed by atoms with Crippen LogP contribution in [0.25, 0.3) is 0 Å². The Kier molecular flexibility index (Phi) is 27.2. The van der Waals surface area contributed by atoms with E-state index in [1.165, 1.54) is 44.9 Å². The Hall–Kier alpha value is -0.950. The molecule has 0 bridgehead atoms. The summed E-state index contributed by atoms with van der Waals surface area (Å²) in [6, 6.07) is 0. The molecular formula is C26H50O6. The molecule has 32 heavy (non-hydrogen) atoms. The van der Waals surface area contributed by atoms with Crippen molar-refractivity contribution in [3.05, 3.63) is 12.2 Å². The van der Waals surface area contributed by atoms with Crippen LogP contribution in [0.5, 0.6) is 0 Å². The number of aliphatic hydroxyl groups is 1. The predicted molar refractivity (Wildman–Crippen MR) is 130 cm³/mol. The highest BCUT2D eigenvalue weighted by atomic mass is 16.6. The predicted octanol–water partition coefficient (Wildman–Crippen LogP) is 5.61. The van der Waals surface area contributed by atoms with Gasteiger partial charge in [-0.1, -0.05) is 70.4 Å². The van der Waals surface area contributed by atoms with Gasteiger partial charge in [-0.15, -0.1) is 0 Å². The van der Waals surface area contributed by atoms with Crippen molar-refractivity contribution in [2.45, 2.75) is 96.8 Å². The van der Waals surface area contributed by atoms with Crippen LogP contribution in [0.3, 0.4) is 0 Å². The molecule has 0 spiro atoms. The van der Waals surface area contributed by atoms with Crippen LogP contribution in [0.1, 0.15) is 96.8 Å². The van der Waals surface area contributed by atoms with Gasteiger partial charge >= 0.3 is 5.97 Å². The summed E-state index contributed by atoms with van der Waals surface area (Å²) in [4.78, 5) is 11.6. The molecule has 0 saturated carbocycles.